The van der Waals surface area contributed by atoms with Crippen molar-refractivity contribution in [2.45, 2.75) is 19.0 Å². The summed E-state index contributed by atoms with van der Waals surface area (Å²) in [7, 11) is 0. The zero-order valence-corrected chi connectivity index (χ0v) is 17.5. The first-order valence-electron chi connectivity index (χ1n) is 9.12. The molecular formula is C21H15F3N4OS2. The molecule has 0 aliphatic rings. The highest BCUT2D eigenvalue weighted by Crippen LogP contribution is 2.30. The number of thiazole rings is 2. The van der Waals surface area contributed by atoms with Crippen molar-refractivity contribution in [1.82, 2.24) is 15.0 Å². The number of amides is 1. The van der Waals surface area contributed by atoms with Crippen LogP contribution in [0, 0.1) is 0 Å². The number of hydrogen-bond donors (Lipinski definition) is 1. The summed E-state index contributed by atoms with van der Waals surface area (Å²) in [5.74, 6) is -0.261. The second kappa shape index (κ2) is 8.94. The number of carbonyl (C=O) groups is 1. The molecule has 0 spiro atoms. The summed E-state index contributed by atoms with van der Waals surface area (Å²) in [6, 6.07) is 8.91. The molecule has 0 saturated heterocycles. The van der Waals surface area contributed by atoms with Gasteiger partial charge in [0.15, 0.2) is 5.13 Å². The van der Waals surface area contributed by atoms with E-state index in [4.69, 9.17) is 0 Å². The van der Waals surface area contributed by atoms with E-state index < -0.39 is 11.7 Å². The molecule has 5 nitrogen and oxygen atoms in total. The van der Waals surface area contributed by atoms with E-state index in [0.717, 1.165) is 27.6 Å². The van der Waals surface area contributed by atoms with E-state index in [9.17, 15) is 18.0 Å². The van der Waals surface area contributed by atoms with Crippen molar-refractivity contribution in [2.24, 2.45) is 0 Å². The highest BCUT2D eigenvalue weighted by atomic mass is 32.1. The molecule has 31 heavy (non-hydrogen) atoms. The number of carbonyl (C=O) groups excluding carboxylic acids is 1. The third-order valence-electron chi connectivity index (χ3n) is 4.23. The molecule has 4 rings (SSSR count). The van der Waals surface area contributed by atoms with Crippen molar-refractivity contribution in [2.75, 3.05) is 5.32 Å². The van der Waals surface area contributed by atoms with Gasteiger partial charge in [0, 0.05) is 40.8 Å². The summed E-state index contributed by atoms with van der Waals surface area (Å²) in [5.41, 5.74) is 1.37. The summed E-state index contributed by atoms with van der Waals surface area (Å²) >= 11 is 2.67. The van der Waals surface area contributed by atoms with E-state index in [-0.39, 0.29) is 12.3 Å². The SMILES string of the molecule is O=C(Cc1csc(-c2cccnc2)n1)Nc1ncc(Cc2cccc(C(F)(F)F)c2)s1. The quantitative estimate of drug-likeness (QED) is 0.415. The number of hydrogen-bond acceptors (Lipinski definition) is 6. The van der Waals surface area contributed by atoms with Crippen LogP contribution in [0.1, 0.15) is 21.7 Å². The molecule has 0 saturated carbocycles. The maximum absolute atomic E-state index is 12.9. The van der Waals surface area contributed by atoms with Crippen molar-refractivity contribution in [3.63, 3.8) is 0 Å². The average Bonchev–Trinajstić information content (AvgIpc) is 3.38. The Hall–Kier alpha value is -3.11. The fourth-order valence-electron chi connectivity index (χ4n) is 2.84. The van der Waals surface area contributed by atoms with Gasteiger partial charge in [0.1, 0.15) is 5.01 Å². The maximum atomic E-state index is 12.9. The van der Waals surface area contributed by atoms with Gasteiger partial charge in [0.2, 0.25) is 5.91 Å². The number of anilines is 1. The third-order valence-corrected chi connectivity index (χ3v) is 6.09. The van der Waals surface area contributed by atoms with Crippen molar-refractivity contribution >= 4 is 33.7 Å². The van der Waals surface area contributed by atoms with Crippen molar-refractivity contribution in [3.05, 3.63) is 82.1 Å². The molecule has 0 fully saturated rings. The Labute approximate surface area is 183 Å². The number of pyridine rings is 1. The van der Waals surface area contributed by atoms with Crippen LogP contribution in [0.2, 0.25) is 0 Å². The molecule has 1 amide bonds. The van der Waals surface area contributed by atoms with Gasteiger partial charge in [0.05, 0.1) is 17.7 Å². The lowest BCUT2D eigenvalue weighted by Gasteiger charge is -2.07. The van der Waals surface area contributed by atoms with Gasteiger partial charge in [0.25, 0.3) is 0 Å². The van der Waals surface area contributed by atoms with Gasteiger partial charge >= 0.3 is 6.18 Å². The van der Waals surface area contributed by atoms with Crippen LogP contribution in [-0.2, 0) is 23.8 Å². The van der Waals surface area contributed by atoms with Crippen LogP contribution in [-0.4, -0.2) is 20.9 Å². The number of nitrogens with zero attached hydrogens (tertiary/aromatic N) is 3. The Bertz CT molecular complexity index is 1190. The molecule has 4 aromatic rings. The van der Waals surface area contributed by atoms with E-state index in [1.807, 2.05) is 17.5 Å². The summed E-state index contributed by atoms with van der Waals surface area (Å²) in [6.07, 6.45) is 0.974. The molecule has 0 aliphatic heterocycles. The Morgan fingerprint density at radius 1 is 1.13 bits per heavy atom. The molecule has 10 heteroatoms. The summed E-state index contributed by atoms with van der Waals surface area (Å²) in [6.45, 7) is 0. The molecule has 0 bridgehead atoms. The van der Waals surface area contributed by atoms with E-state index in [1.165, 1.54) is 28.7 Å². The minimum Gasteiger partial charge on any atom is -0.302 e. The van der Waals surface area contributed by atoms with E-state index >= 15 is 0 Å². The molecule has 3 heterocycles. The van der Waals surface area contributed by atoms with Gasteiger partial charge in [-0.2, -0.15) is 13.2 Å². The Morgan fingerprint density at radius 2 is 2.00 bits per heavy atom. The van der Waals surface area contributed by atoms with Gasteiger partial charge in [-0.3, -0.25) is 9.78 Å². The molecule has 3 aromatic heterocycles. The van der Waals surface area contributed by atoms with Crippen molar-refractivity contribution in [3.8, 4) is 10.6 Å². The predicted molar refractivity (Wildman–Crippen MR) is 114 cm³/mol. The Balaban J connectivity index is 1.36. The normalized spacial score (nSPS) is 11.5. The van der Waals surface area contributed by atoms with Crippen LogP contribution in [0.15, 0.2) is 60.4 Å². The summed E-state index contributed by atoms with van der Waals surface area (Å²) in [4.78, 5) is 25.8. The van der Waals surface area contributed by atoms with Gasteiger partial charge in [-0.25, -0.2) is 9.97 Å². The number of nitrogens with one attached hydrogen (secondary N) is 1. The monoisotopic (exact) mass is 460 g/mol. The second-order valence-corrected chi connectivity index (χ2v) is 8.59. The van der Waals surface area contributed by atoms with Crippen LogP contribution < -0.4 is 5.32 Å². The van der Waals surface area contributed by atoms with E-state index in [1.54, 1.807) is 24.7 Å². The van der Waals surface area contributed by atoms with E-state index in [0.29, 0.717) is 22.8 Å². The average molecular weight is 461 g/mol. The number of benzene rings is 1. The standard InChI is InChI=1S/C21H15F3N4OS2/c22-21(23,24)15-5-1-3-13(7-15)8-17-11-26-20(31-17)28-18(29)9-16-12-30-19(27-16)14-4-2-6-25-10-14/h1-7,10-12H,8-9H2,(H,26,28,29). The smallest absolute Gasteiger partial charge is 0.302 e. The zero-order chi connectivity index (χ0) is 21.8. The number of halogens is 3. The van der Waals surface area contributed by atoms with Crippen LogP contribution in [0.25, 0.3) is 10.6 Å². The van der Waals surface area contributed by atoms with Crippen LogP contribution in [0.3, 0.4) is 0 Å². The van der Waals surface area contributed by atoms with Gasteiger partial charge < -0.3 is 5.32 Å². The zero-order valence-electron chi connectivity index (χ0n) is 15.9. The molecule has 1 aromatic carbocycles. The van der Waals surface area contributed by atoms with Crippen molar-refractivity contribution < 1.29 is 18.0 Å². The highest BCUT2D eigenvalue weighted by Gasteiger charge is 2.30. The lowest BCUT2D eigenvalue weighted by atomic mass is 10.1. The fraction of sp³-hybridized carbons (Fsp3) is 0.143. The second-order valence-electron chi connectivity index (χ2n) is 6.62. The summed E-state index contributed by atoms with van der Waals surface area (Å²) in [5, 5.41) is 5.73. The minimum atomic E-state index is -4.38. The molecule has 0 atom stereocenters. The van der Waals surface area contributed by atoms with Gasteiger partial charge in [-0.1, -0.05) is 18.2 Å². The van der Waals surface area contributed by atoms with Gasteiger partial charge in [-0.05, 0) is 23.8 Å². The van der Waals surface area contributed by atoms with Crippen molar-refractivity contribution in [1.29, 1.82) is 0 Å². The number of rotatable bonds is 6. The summed E-state index contributed by atoms with van der Waals surface area (Å²) < 4.78 is 38.6. The first-order chi connectivity index (χ1) is 14.9. The van der Waals surface area contributed by atoms with E-state index in [2.05, 4.69) is 20.3 Å². The molecule has 158 valence electrons. The first kappa shape index (κ1) is 21.1. The fourth-order valence-corrected chi connectivity index (χ4v) is 4.52. The Kier molecular flexibility index (Phi) is 6.10. The third kappa shape index (κ3) is 5.53. The highest BCUT2D eigenvalue weighted by molar-refractivity contribution is 7.15. The minimum absolute atomic E-state index is 0.0965. The first-order valence-corrected chi connectivity index (χ1v) is 10.8. The molecule has 0 unspecified atom stereocenters. The molecule has 1 N–H and O–H groups in total. The van der Waals surface area contributed by atoms with Crippen LogP contribution in [0.5, 0.6) is 0 Å². The predicted octanol–water partition coefficient (Wildman–Crippen LogP) is 5.45. The lowest BCUT2D eigenvalue weighted by molar-refractivity contribution is -0.137. The number of aromatic nitrogens is 3. The molecular weight excluding hydrogens is 445 g/mol. The molecule has 0 radical (unpaired) electrons. The van der Waals surface area contributed by atoms with Crippen LogP contribution in [0.4, 0.5) is 18.3 Å². The number of alkyl halides is 3. The lowest BCUT2D eigenvalue weighted by Crippen LogP contribution is -2.14. The Morgan fingerprint density at radius 3 is 2.77 bits per heavy atom. The van der Waals surface area contributed by atoms with Crippen LogP contribution >= 0.6 is 22.7 Å². The van der Waals surface area contributed by atoms with Gasteiger partial charge in [-0.15, -0.1) is 22.7 Å². The topological polar surface area (TPSA) is 67.8 Å². The maximum Gasteiger partial charge on any atom is 0.416 e. The largest absolute Gasteiger partial charge is 0.416 e. The molecule has 0 aliphatic carbocycles.